The van der Waals surface area contributed by atoms with Crippen LogP contribution >= 0.6 is 11.3 Å². The maximum absolute atomic E-state index is 12.6. The molecule has 6 heteroatoms. The molecule has 0 aliphatic heterocycles. The topological polar surface area (TPSA) is 68.3 Å². The molecule has 3 aliphatic rings. The predicted octanol–water partition coefficient (Wildman–Crippen LogP) is 3.39. The normalized spacial score (nSPS) is 25.6. The number of hydrogen-bond acceptors (Lipinski definition) is 5. The fourth-order valence-corrected chi connectivity index (χ4v) is 5.05. The van der Waals surface area contributed by atoms with Crippen LogP contribution in [0.3, 0.4) is 0 Å². The van der Waals surface area contributed by atoms with Gasteiger partial charge in [0, 0.05) is 22.3 Å². The van der Waals surface area contributed by atoms with Gasteiger partial charge in [0.25, 0.3) is 5.91 Å². The second-order valence-electron chi connectivity index (χ2n) is 6.81. The number of carbonyl (C=O) groups excluding carboxylic acids is 2. The number of ether oxygens (including phenoxy) is 1. The number of esters is 1. The summed E-state index contributed by atoms with van der Waals surface area (Å²) in [6.45, 7) is 0. The van der Waals surface area contributed by atoms with Crippen molar-refractivity contribution in [2.24, 2.45) is 11.8 Å². The molecular weight excluding hydrogens is 324 g/mol. The van der Waals surface area contributed by atoms with Crippen molar-refractivity contribution in [2.45, 2.75) is 38.1 Å². The highest BCUT2D eigenvalue weighted by atomic mass is 32.1. The molecule has 1 amide bonds. The number of thiophene rings is 1. The van der Waals surface area contributed by atoms with Crippen LogP contribution < -0.4 is 5.32 Å². The summed E-state index contributed by atoms with van der Waals surface area (Å²) in [5, 5.41) is 4.04. The number of amides is 1. The van der Waals surface area contributed by atoms with Crippen LogP contribution in [-0.4, -0.2) is 30.0 Å². The molecule has 1 unspecified atom stereocenters. The fraction of sp³-hybridized carbons (Fsp3) is 0.500. The Kier molecular flexibility index (Phi) is 4.00. The van der Waals surface area contributed by atoms with E-state index in [0.717, 1.165) is 22.4 Å². The van der Waals surface area contributed by atoms with E-state index in [4.69, 9.17) is 4.74 Å². The van der Waals surface area contributed by atoms with Crippen molar-refractivity contribution < 1.29 is 14.3 Å². The first kappa shape index (κ1) is 15.6. The van der Waals surface area contributed by atoms with Crippen LogP contribution in [-0.2, 0) is 4.74 Å². The van der Waals surface area contributed by atoms with Crippen molar-refractivity contribution in [3.8, 4) is 0 Å². The van der Waals surface area contributed by atoms with Crippen molar-refractivity contribution in [1.82, 2.24) is 10.3 Å². The van der Waals surface area contributed by atoms with Gasteiger partial charge in [0.2, 0.25) is 0 Å². The molecule has 126 valence electrons. The van der Waals surface area contributed by atoms with Crippen LogP contribution in [0, 0.1) is 11.8 Å². The van der Waals surface area contributed by atoms with Crippen LogP contribution in [0.4, 0.5) is 0 Å². The smallest absolute Gasteiger partial charge is 0.348 e. The molecule has 1 atom stereocenters. The van der Waals surface area contributed by atoms with Gasteiger partial charge in [0.1, 0.15) is 10.6 Å². The van der Waals surface area contributed by atoms with Gasteiger partial charge in [0.15, 0.2) is 0 Å². The van der Waals surface area contributed by atoms with Crippen molar-refractivity contribution in [3.05, 3.63) is 28.9 Å². The van der Waals surface area contributed by atoms with Crippen LogP contribution in [0.15, 0.2) is 18.3 Å². The number of pyridine rings is 1. The molecule has 0 spiro atoms. The Bertz CT molecular complexity index is 793. The third-order valence-corrected chi connectivity index (χ3v) is 6.46. The van der Waals surface area contributed by atoms with Gasteiger partial charge in [-0.05, 0) is 43.2 Å². The molecule has 1 N–H and O–H groups in total. The lowest BCUT2D eigenvalue weighted by Crippen LogP contribution is -2.47. The number of nitrogens with one attached hydrogen (secondary N) is 1. The highest BCUT2D eigenvalue weighted by molar-refractivity contribution is 7.20. The first-order valence-corrected chi connectivity index (χ1v) is 9.24. The van der Waals surface area contributed by atoms with Gasteiger partial charge >= 0.3 is 5.97 Å². The van der Waals surface area contributed by atoms with Gasteiger partial charge in [-0.25, -0.2) is 4.79 Å². The lowest BCUT2D eigenvalue weighted by molar-refractivity contribution is 0.0606. The van der Waals surface area contributed by atoms with Crippen LogP contribution in [0.2, 0.25) is 0 Å². The summed E-state index contributed by atoms with van der Waals surface area (Å²) >= 11 is 1.33. The Labute approximate surface area is 144 Å². The van der Waals surface area contributed by atoms with Crippen molar-refractivity contribution in [1.29, 1.82) is 0 Å². The summed E-state index contributed by atoms with van der Waals surface area (Å²) < 4.78 is 5.62. The SMILES string of the molecule is COC(=O)c1cc2cnc(C(=O)NC3CC4CCC3CC4)cc2s1. The van der Waals surface area contributed by atoms with Gasteiger partial charge in [-0.15, -0.1) is 11.3 Å². The van der Waals surface area contributed by atoms with E-state index in [2.05, 4.69) is 10.3 Å². The molecule has 5 nitrogen and oxygen atoms in total. The molecule has 2 bridgehead atoms. The highest BCUT2D eigenvalue weighted by Crippen LogP contribution is 2.41. The molecule has 2 heterocycles. The predicted molar refractivity (Wildman–Crippen MR) is 92.3 cm³/mol. The largest absolute Gasteiger partial charge is 0.465 e. The second-order valence-corrected chi connectivity index (χ2v) is 7.89. The first-order valence-electron chi connectivity index (χ1n) is 8.43. The zero-order valence-electron chi connectivity index (χ0n) is 13.6. The summed E-state index contributed by atoms with van der Waals surface area (Å²) in [5.41, 5.74) is 0.419. The number of carbonyl (C=O) groups is 2. The van der Waals surface area contributed by atoms with Crippen LogP contribution in [0.5, 0.6) is 0 Å². The molecule has 0 saturated heterocycles. The van der Waals surface area contributed by atoms with Gasteiger partial charge in [-0.3, -0.25) is 9.78 Å². The minimum Gasteiger partial charge on any atom is -0.465 e. The Morgan fingerprint density at radius 1 is 1.25 bits per heavy atom. The quantitative estimate of drug-likeness (QED) is 0.867. The van der Waals surface area contributed by atoms with Crippen molar-refractivity contribution >= 4 is 33.3 Å². The Morgan fingerprint density at radius 2 is 2.04 bits per heavy atom. The number of hydrogen-bond donors (Lipinski definition) is 1. The van der Waals surface area contributed by atoms with Gasteiger partial charge < -0.3 is 10.1 Å². The maximum Gasteiger partial charge on any atom is 0.348 e. The van der Waals surface area contributed by atoms with Crippen LogP contribution in [0.1, 0.15) is 52.3 Å². The van der Waals surface area contributed by atoms with E-state index in [-0.39, 0.29) is 17.9 Å². The molecule has 5 rings (SSSR count). The lowest BCUT2D eigenvalue weighted by Gasteiger charge is -2.42. The Morgan fingerprint density at radius 3 is 2.71 bits per heavy atom. The summed E-state index contributed by atoms with van der Waals surface area (Å²) in [6.07, 6.45) is 7.84. The maximum atomic E-state index is 12.6. The third kappa shape index (κ3) is 2.79. The van der Waals surface area contributed by atoms with E-state index in [0.29, 0.717) is 16.5 Å². The Balaban J connectivity index is 1.52. The average Bonchev–Trinajstić information content (AvgIpc) is 3.05. The molecule has 0 radical (unpaired) electrons. The number of fused-ring (bicyclic) bond motifs is 4. The second kappa shape index (κ2) is 6.16. The van der Waals surface area contributed by atoms with Gasteiger partial charge in [-0.2, -0.15) is 0 Å². The molecule has 2 aromatic heterocycles. The van der Waals surface area contributed by atoms with E-state index in [1.54, 1.807) is 18.3 Å². The molecule has 3 aliphatic carbocycles. The molecule has 0 aromatic carbocycles. The third-order valence-electron chi connectivity index (χ3n) is 5.38. The van der Waals surface area contributed by atoms with Crippen molar-refractivity contribution in [2.75, 3.05) is 7.11 Å². The lowest BCUT2D eigenvalue weighted by atomic mass is 9.68. The standard InChI is InChI=1S/C18H20N2O3S/c1-23-18(22)16-7-12-9-19-14(8-15(12)24-16)17(21)20-13-6-10-2-4-11(13)5-3-10/h7-11,13H,2-6H2,1H3,(H,20,21). The highest BCUT2D eigenvalue weighted by Gasteiger charge is 2.36. The minimum absolute atomic E-state index is 0.109. The average molecular weight is 344 g/mol. The number of methoxy groups -OCH3 is 1. The molecule has 2 aromatic rings. The molecule has 3 saturated carbocycles. The molecule has 24 heavy (non-hydrogen) atoms. The zero-order valence-corrected chi connectivity index (χ0v) is 14.4. The first-order chi connectivity index (χ1) is 11.6. The van der Waals surface area contributed by atoms with E-state index < -0.39 is 0 Å². The van der Waals surface area contributed by atoms with Gasteiger partial charge in [-0.1, -0.05) is 12.8 Å². The summed E-state index contributed by atoms with van der Waals surface area (Å²) in [4.78, 5) is 29.0. The summed E-state index contributed by atoms with van der Waals surface area (Å²) in [7, 11) is 1.36. The van der Waals surface area contributed by atoms with E-state index in [9.17, 15) is 9.59 Å². The Hall–Kier alpha value is -1.95. The van der Waals surface area contributed by atoms with E-state index in [1.807, 2.05) is 0 Å². The van der Waals surface area contributed by atoms with E-state index in [1.165, 1.54) is 44.1 Å². The molecular formula is C18H20N2O3S. The number of aromatic nitrogens is 1. The van der Waals surface area contributed by atoms with E-state index >= 15 is 0 Å². The van der Waals surface area contributed by atoms with Crippen LogP contribution in [0.25, 0.3) is 10.1 Å². The zero-order chi connectivity index (χ0) is 16.7. The summed E-state index contributed by atoms with van der Waals surface area (Å²) in [6, 6.07) is 3.81. The number of rotatable bonds is 3. The summed E-state index contributed by atoms with van der Waals surface area (Å²) in [5.74, 6) is 0.925. The minimum atomic E-state index is -0.361. The number of nitrogens with zero attached hydrogens (tertiary/aromatic N) is 1. The van der Waals surface area contributed by atoms with Gasteiger partial charge in [0.05, 0.1) is 7.11 Å². The molecule has 3 fully saturated rings. The fourth-order valence-electron chi connectivity index (χ4n) is 4.06. The van der Waals surface area contributed by atoms with Crippen molar-refractivity contribution in [3.63, 3.8) is 0 Å². The monoisotopic (exact) mass is 344 g/mol.